The maximum atomic E-state index is 12.3. The molecule has 0 N–H and O–H groups in total. The fraction of sp³-hybridized carbons (Fsp3) is 0.533. The molecule has 7 heteroatoms. The van der Waals surface area contributed by atoms with Crippen molar-refractivity contribution in [2.75, 3.05) is 19.7 Å². The van der Waals surface area contributed by atoms with Gasteiger partial charge in [-0.15, -0.1) is 11.3 Å². The fourth-order valence-corrected chi connectivity index (χ4v) is 4.05. The number of aryl methyl sites for hydroxylation is 1. The first kappa shape index (κ1) is 15.4. The molecule has 1 amide bonds. The molecule has 3 heterocycles. The minimum absolute atomic E-state index is 0.0491. The van der Waals surface area contributed by atoms with Crippen LogP contribution in [0.4, 0.5) is 0 Å². The summed E-state index contributed by atoms with van der Waals surface area (Å²) in [5, 5.41) is 5.10. The van der Waals surface area contributed by atoms with E-state index in [1.54, 1.807) is 17.4 Å². The second kappa shape index (κ2) is 7.19. The Morgan fingerprint density at radius 3 is 3.18 bits per heavy atom. The van der Waals surface area contributed by atoms with Crippen molar-refractivity contribution < 1.29 is 9.53 Å². The maximum absolute atomic E-state index is 12.3. The SMILES string of the molecule is Cc1csc(CC2CCCN(C(=O)COc3ccsn3)C2)n1. The zero-order chi connectivity index (χ0) is 15.4. The summed E-state index contributed by atoms with van der Waals surface area (Å²) < 4.78 is 9.46. The Balaban J connectivity index is 1.50. The van der Waals surface area contributed by atoms with E-state index in [1.165, 1.54) is 16.5 Å². The first-order chi connectivity index (χ1) is 10.7. The monoisotopic (exact) mass is 337 g/mol. The standard InChI is InChI=1S/C15H19N3O2S2/c1-11-10-21-14(16-11)7-12-3-2-5-18(8-12)15(19)9-20-13-4-6-22-17-13/h4,6,10,12H,2-3,5,7-9H2,1H3. The Kier molecular flexibility index (Phi) is 5.04. The number of ether oxygens (including phenoxy) is 1. The number of piperidine rings is 1. The quantitative estimate of drug-likeness (QED) is 0.842. The lowest BCUT2D eigenvalue weighted by atomic mass is 9.95. The molecule has 1 unspecified atom stereocenters. The van der Waals surface area contributed by atoms with Gasteiger partial charge >= 0.3 is 0 Å². The molecule has 1 aliphatic heterocycles. The molecule has 0 saturated carbocycles. The van der Waals surface area contributed by atoms with E-state index in [-0.39, 0.29) is 12.5 Å². The van der Waals surface area contributed by atoms with E-state index in [1.807, 2.05) is 17.2 Å². The number of carbonyl (C=O) groups is 1. The molecule has 0 aromatic carbocycles. The van der Waals surface area contributed by atoms with Crippen LogP contribution in [0.2, 0.25) is 0 Å². The Labute approximate surface area is 138 Å². The maximum Gasteiger partial charge on any atom is 0.260 e. The third-order valence-electron chi connectivity index (χ3n) is 3.76. The second-order valence-electron chi connectivity index (χ2n) is 5.56. The lowest BCUT2D eigenvalue weighted by Gasteiger charge is -2.32. The predicted molar refractivity (Wildman–Crippen MR) is 87.5 cm³/mol. The van der Waals surface area contributed by atoms with Crippen LogP contribution in [0.25, 0.3) is 0 Å². The molecule has 2 aromatic rings. The van der Waals surface area contributed by atoms with E-state index in [0.717, 1.165) is 38.0 Å². The number of carbonyl (C=O) groups excluding carboxylic acids is 1. The molecule has 118 valence electrons. The summed E-state index contributed by atoms with van der Waals surface area (Å²) >= 11 is 3.04. The summed E-state index contributed by atoms with van der Waals surface area (Å²) in [6.07, 6.45) is 3.18. The molecule has 2 aromatic heterocycles. The van der Waals surface area contributed by atoms with Crippen molar-refractivity contribution in [2.45, 2.75) is 26.2 Å². The van der Waals surface area contributed by atoms with Crippen LogP contribution in [0.3, 0.4) is 0 Å². The van der Waals surface area contributed by atoms with Gasteiger partial charge in [-0.2, -0.15) is 4.37 Å². The topological polar surface area (TPSA) is 55.3 Å². The minimum atomic E-state index is 0.0491. The highest BCUT2D eigenvalue weighted by Crippen LogP contribution is 2.22. The highest BCUT2D eigenvalue weighted by atomic mass is 32.1. The van der Waals surface area contributed by atoms with E-state index < -0.39 is 0 Å². The van der Waals surface area contributed by atoms with Gasteiger partial charge in [-0.1, -0.05) is 0 Å². The predicted octanol–water partition coefficient (Wildman–Crippen LogP) is 2.77. The molecule has 0 aliphatic carbocycles. The molecule has 5 nitrogen and oxygen atoms in total. The zero-order valence-electron chi connectivity index (χ0n) is 12.5. The Hall–Kier alpha value is -1.47. The van der Waals surface area contributed by atoms with Crippen LogP contribution in [0.5, 0.6) is 5.88 Å². The number of nitrogens with zero attached hydrogens (tertiary/aromatic N) is 3. The second-order valence-corrected chi connectivity index (χ2v) is 7.17. The van der Waals surface area contributed by atoms with Crippen molar-refractivity contribution in [3.63, 3.8) is 0 Å². The molecule has 0 spiro atoms. The molecule has 0 bridgehead atoms. The molecule has 1 saturated heterocycles. The summed E-state index contributed by atoms with van der Waals surface area (Å²) in [5.41, 5.74) is 1.08. The van der Waals surface area contributed by atoms with E-state index in [2.05, 4.69) is 14.7 Å². The number of rotatable bonds is 5. The number of thiazole rings is 1. The minimum Gasteiger partial charge on any atom is -0.467 e. The van der Waals surface area contributed by atoms with Crippen LogP contribution >= 0.6 is 22.9 Å². The molecule has 1 atom stereocenters. The van der Waals surface area contributed by atoms with Crippen molar-refractivity contribution >= 4 is 28.8 Å². The van der Waals surface area contributed by atoms with E-state index in [9.17, 15) is 4.79 Å². The number of aromatic nitrogens is 2. The average molecular weight is 337 g/mol. The van der Waals surface area contributed by atoms with Gasteiger partial charge in [0, 0.05) is 42.0 Å². The van der Waals surface area contributed by atoms with Crippen LogP contribution < -0.4 is 4.74 Å². The molecule has 1 aliphatic rings. The highest BCUT2D eigenvalue weighted by molar-refractivity contribution is 7.09. The van der Waals surface area contributed by atoms with Gasteiger partial charge in [0.25, 0.3) is 5.91 Å². The largest absolute Gasteiger partial charge is 0.467 e. The molecule has 3 rings (SSSR count). The van der Waals surface area contributed by atoms with Crippen LogP contribution in [-0.4, -0.2) is 39.9 Å². The molecular formula is C15H19N3O2S2. The van der Waals surface area contributed by atoms with E-state index in [4.69, 9.17) is 4.74 Å². The van der Waals surface area contributed by atoms with Crippen LogP contribution in [-0.2, 0) is 11.2 Å². The van der Waals surface area contributed by atoms with Gasteiger partial charge in [0.2, 0.25) is 5.88 Å². The Morgan fingerprint density at radius 2 is 2.45 bits per heavy atom. The zero-order valence-corrected chi connectivity index (χ0v) is 14.2. The molecule has 1 fully saturated rings. The summed E-state index contributed by atoms with van der Waals surface area (Å²) in [7, 11) is 0. The van der Waals surface area contributed by atoms with Crippen LogP contribution in [0.15, 0.2) is 16.8 Å². The normalized spacial score (nSPS) is 18.4. The summed E-state index contributed by atoms with van der Waals surface area (Å²) in [5.74, 6) is 1.08. The lowest BCUT2D eigenvalue weighted by molar-refractivity contribution is -0.135. The summed E-state index contributed by atoms with van der Waals surface area (Å²) in [4.78, 5) is 18.7. The van der Waals surface area contributed by atoms with Crippen molar-refractivity contribution in [2.24, 2.45) is 5.92 Å². The van der Waals surface area contributed by atoms with Gasteiger partial charge in [-0.3, -0.25) is 4.79 Å². The number of hydrogen-bond donors (Lipinski definition) is 0. The van der Waals surface area contributed by atoms with Gasteiger partial charge < -0.3 is 9.64 Å². The van der Waals surface area contributed by atoms with E-state index in [0.29, 0.717) is 11.8 Å². The highest BCUT2D eigenvalue weighted by Gasteiger charge is 2.24. The fourth-order valence-electron chi connectivity index (χ4n) is 2.70. The van der Waals surface area contributed by atoms with Crippen molar-refractivity contribution in [3.8, 4) is 5.88 Å². The Morgan fingerprint density at radius 1 is 1.55 bits per heavy atom. The van der Waals surface area contributed by atoms with Gasteiger partial charge in [0.15, 0.2) is 6.61 Å². The van der Waals surface area contributed by atoms with Crippen LogP contribution in [0, 0.1) is 12.8 Å². The number of hydrogen-bond acceptors (Lipinski definition) is 6. The first-order valence-corrected chi connectivity index (χ1v) is 9.14. The molecule has 0 radical (unpaired) electrons. The average Bonchev–Trinajstić information content (AvgIpc) is 3.17. The van der Waals surface area contributed by atoms with E-state index >= 15 is 0 Å². The number of amides is 1. The summed E-state index contributed by atoms with van der Waals surface area (Å²) in [6.45, 7) is 3.73. The number of likely N-dealkylation sites (tertiary alicyclic amines) is 1. The van der Waals surface area contributed by atoms with Crippen molar-refractivity contribution in [1.82, 2.24) is 14.3 Å². The lowest BCUT2D eigenvalue weighted by Crippen LogP contribution is -2.42. The summed E-state index contributed by atoms with van der Waals surface area (Å²) in [6, 6.07) is 1.78. The molecular weight excluding hydrogens is 318 g/mol. The Bertz CT molecular complexity index is 612. The molecule has 22 heavy (non-hydrogen) atoms. The van der Waals surface area contributed by atoms with Gasteiger partial charge in [0.1, 0.15) is 0 Å². The third-order valence-corrected chi connectivity index (χ3v) is 5.29. The first-order valence-electron chi connectivity index (χ1n) is 7.42. The van der Waals surface area contributed by atoms with Crippen molar-refractivity contribution in [1.29, 1.82) is 0 Å². The third kappa shape index (κ3) is 4.04. The van der Waals surface area contributed by atoms with Gasteiger partial charge in [0.05, 0.1) is 5.01 Å². The van der Waals surface area contributed by atoms with Crippen LogP contribution in [0.1, 0.15) is 23.5 Å². The van der Waals surface area contributed by atoms with Crippen molar-refractivity contribution in [3.05, 3.63) is 27.5 Å². The smallest absolute Gasteiger partial charge is 0.260 e. The van der Waals surface area contributed by atoms with Gasteiger partial charge in [-0.25, -0.2) is 4.98 Å². The van der Waals surface area contributed by atoms with Gasteiger partial charge in [-0.05, 0) is 37.2 Å².